The number of nitrogens with one attached hydrogen (secondary N) is 1. The Kier molecular flexibility index (Phi) is 6.39. The summed E-state index contributed by atoms with van der Waals surface area (Å²) >= 11 is 12.1. The van der Waals surface area contributed by atoms with E-state index in [1.165, 1.54) is 32.2 Å². The van der Waals surface area contributed by atoms with Gasteiger partial charge in [0, 0.05) is 5.02 Å². The molecule has 0 aromatic heterocycles. The maximum Gasteiger partial charge on any atom is 0.248 e. The third-order valence-corrected chi connectivity index (χ3v) is 5.38. The Labute approximate surface area is 162 Å². The Bertz CT molecular complexity index is 919. The number of hydrogen-bond donors (Lipinski definition) is 1. The number of sulfonamides is 1. The van der Waals surface area contributed by atoms with E-state index in [1.54, 1.807) is 24.3 Å². The highest BCUT2D eigenvalue weighted by molar-refractivity contribution is 7.92. The van der Waals surface area contributed by atoms with E-state index >= 15 is 0 Å². The molecule has 0 fully saturated rings. The molecule has 2 aromatic carbocycles. The van der Waals surface area contributed by atoms with Crippen LogP contribution >= 0.6 is 23.2 Å². The van der Waals surface area contributed by atoms with E-state index in [-0.39, 0.29) is 10.7 Å². The van der Waals surface area contributed by atoms with Crippen molar-refractivity contribution in [2.45, 2.75) is 13.0 Å². The van der Waals surface area contributed by atoms with Crippen molar-refractivity contribution < 1.29 is 17.9 Å². The zero-order chi connectivity index (χ0) is 19.5. The first-order valence-electron chi connectivity index (χ1n) is 7.53. The number of methoxy groups -OCH3 is 1. The lowest BCUT2D eigenvalue weighted by Crippen LogP contribution is -2.45. The van der Waals surface area contributed by atoms with Crippen LogP contribution in [0.3, 0.4) is 0 Å². The average Bonchev–Trinajstić information content (AvgIpc) is 2.57. The molecule has 0 aliphatic carbocycles. The molecular weight excluding hydrogens is 399 g/mol. The van der Waals surface area contributed by atoms with Crippen molar-refractivity contribution in [3.8, 4) is 5.75 Å². The largest absolute Gasteiger partial charge is 0.495 e. The van der Waals surface area contributed by atoms with Gasteiger partial charge in [-0.25, -0.2) is 8.42 Å². The molecule has 1 amide bonds. The molecule has 1 unspecified atom stereocenters. The number of rotatable bonds is 6. The number of halogens is 2. The van der Waals surface area contributed by atoms with Gasteiger partial charge in [-0.15, -0.1) is 0 Å². The molecule has 6 nitrogen and oxygen atoms in total. The van der Waals surface area contributed by atoms with Crippen LogP contribution in [0.1, 0.15) is 6.92 Å². The summed E-state index contributed by atoms with van der Waals surface area (Å²) in [6.45, 7) is 1.46. The van der Waals surface area contributed by atoms with Gasteiger partial charge in [0.2, 0.25) is 15.9 Å². The summed E-state index contributed by atoms with van der Waals surface area (Å²) < 4.78 is 30.8. The van der Waals surface area contributed by atoms with E-state index in [0.29, 0.717) is 16.5 Å². The maximum atomic E-state index is 12.7. The highest BCUT2D eigenvalue weighted by atomic mass is 35.5. The van der Waals surface area contributed by atoms with E-state index in [4.69, 9.17) is 27.9 Å². The van der Waals surface area contributed by atoms with Gasteiger partial charge in [-0.1, -0.05) is 35.3 Å². The van der Waals surface area contributed by atoms with Gasteiger partial charge in [0.1, 0.15) is 11.8 Å². The zero-order valence-corrected chi connectivity index (χ0v) is 16.7. The van der Waals surface area contributed by atoms with Gasteiger partial charge in [-0.3, -0.25) is 9.10 Å². The normalized spacial score (nSPS) is 12.3. The molecule has 2 rings (SSSR count). The Morgan fingerprint density at radius 2 is 1.85 bits per heavy atom. The monoisotopic (exact) mass is 416 g/mol. The molecule has 140 valence electrons. The number of benzene rings is 2. The lowest BCUT2D eigenvalue weighted by atomic mass is 10.2. The zero-order valence-electron chi connectivity index (χ0n) is 14.4. The number of para-hydroxylation sites is 2. The van der Waals surface area contributed by atoms with E-state index in [1.807, 2.05) is 0 Å². The van der Waals surface area contributed by atoms with Crippen LogP contribution < -0.4 is 14.4 Å². The average molecular weight is 417 g/mol. The number of carbonyl (C=O) groups is 1. The number of carbonyl (C=O) groups excluding carboxylic acids is 1. The van der Waals surface area contributed by atoms with Crippen molar-refractivity contribution in [3.05, 3.63) is 52.5 Å². The third-order valence-electron chi connectivity index (χ3n) is 3.60. The summed E-state index contributed by atoms with van der Waals surface area (Å²) in [4.78, 5) is 12.7. The van der Waals surface area contributed by atoms with Crippen LogP contribution in [0.2, 0.25) is 10.0 Å². The van der Waals surface area contributed by atoms with Crippen molar-refractivity contribution >= 4 is 50.5 Å². The van der Waals surface area contributed by atoms with E-state index in [2.05, 4.69) is 5.32 Å². The van der Waals surface area contributed by atoms with Crippen molar-refractivity contribution in [1.82, 2.24) is 0 Å². The van der Waals surface area contributed by atoms with Crippen LogP contribution in [0.4, 0.5) is 11.4 Å². The molecule has 0 saturated heterocycles. The molecule has 26 heavy (non-hydrogen) atoms. The van der Waals surface area contributed by atoms with E-state index in [9.17, 15) is 13.2 Å². The molecule has 0 spiro atoms. The lowest BCUT2D eigenvalue weighted by molar-refractivity contribution is -0.116. The van der Waals surface area contributed by atoms with E-state index in [0.717, 1.165) is 10.6 Å². The minimum absolute atomic E-state index is 0.129. The molecule has 1 atom stereocenters. The van der Waals surface area contributed by atoms with Crippen molar-refractivity contribution in [3.63, 3.8) is 0 Å². The minimum atomic E-state index is -3.81. The van der Waals surface area contributed by atoms with Crippen LogP contribution in [0.25, 0.3) is 0 Å². The lowest BCUT2D eigenvalue weighted by Gasteiger charge is -2.29. The Morgan fingerprint density at radius 3 is 2.46 bits per heavy atom. The van der Waals surface area contributed by atoms with Crippen molar-refractivity contribution in [2.75, 3.05) is 23.0 Å². The van der Waals surface area contributed by atoms with Crippen molar-refractivity contribution in [1.29, 1.82) is 0 Å². The molecule has 0 radical (unpaired) electrons. The second-order valence-corrected chi connectivity index (χ2v) is 8.22. The van der Waals surface area contributed by atoms with Gasteiger partial charge in [0.15, 0.2) is 0 Å². The molecule has 1 N–H and O–H groups in total. The van der Waals surface area contributed by atoms with Gasteiger partial charge in [0.25, 0.3) is 0 Å². The van der Waals surface area contributed by atoms with Gasteiger partial charge < -0.3 is 10.1 Å². The number of amides is 1. The first-order chi connectivity index (χ1) is 12.1. The number of nitrogens with zero attached hydrogens (tertiary/aromatic N) is 1. The van der Waals surface area contributed by atoms with Gasteiger partial charge >= 0.3 is 0 Å². The summed E-state index contributed by atoms with van der Waals surface area (Å²) in [6, 6.07) is 10.2. The van der Waals surface area contributed by atoms with Gasteiger partial charge in [0.05, 0.1) is 29.8 Å². The number of anilines is 2. The SMILES string of the molecule is COc1ccccc1NC(=O)C(C)N(c1cc(Cl)ccc1Cl)S(C)(=O)=O. The second kappa shape index (κ2) is 8.16. The first kappa shape index (κ1) is 20.4. The van der Waals surface area contributed by atoms with Crippen LogP contribution in [-0.2, 0) is 14.8 Å². The fraction of sp³-hybridized carbons (Fsp3) is 0.235. The summed E-state index contributed by atoms with van der Waals surface area (Å²) in [6.07, 6.45) is 0.997. The Balaban J connectivity index is 2.40. The molecule has 2 aromatic rings. The summed E-state index contributed by atoms with van der Waals surface area (Å²) in [5, 5.41) is 3.14. The van der Waals surface area contributed by atoms with Gasteiger partial charge in [-0.2, -0.15) is 0 Å². The molecule has 9 heteroatoms. The summed E-state index contributed by atoms with van der Waals surface area (Å²) in [7, 11) is -2.34. The predicted octanol–water partition coefficient (Wildman–Crippen LogP) is 3.80. The van der Waals surface area contributed by atoms with Crippen molar-refractivity contribution in [2.24, 2.45) is 0 Å². The first-order valence-corrected chi connectivity index (χ1v) is 10.1. The second-order valence-electron chi connectivity index (χ2n) is 5.52. The molecule has 0 aliphatic rings. The van der Waals surface area contributed by atoms with Crippen LogP contribution in [0.15, 0.2) is 42.5 Å². The molecular formula is C17H18Cl2N2O4S. The quantitative estimate of drug-likeness (QED) is 0.776. The summed E-state index contributed by atoms with van der Waals surface area (Å²) in [5.41, 5.74) is 0.557. The summed E-state index contributed by atoms with van der Waals surface area (Å²) in [5.74, 6) is -0.0873. The van der Waals surface area contributed by atoms with Gasteiger partial charge in [-0.05, 0) is 37.3 Å². The predicted molar refractivity (Wildman–Crippen MR) is 105 cm³/mol. The molecule has 0 aliphatic heterocycles. The van der Waals surface area contributed by atoms with E-state index < -0.39 is 22.0 Å². The Hall–Kier alpha value is -1.96. The van der Waals surface area contributed by atoms with Crippen LogP contribution in [0.5, 0.6) is 5.75 Å². The molecule has 0 saturated carbocycles. The molecule has 0 heterocycles. The highest BCUT2D eigenvalue weighted by Gasteiger charge is 2.31. The smallest absolute Gasteiger partial charge is 0.248 e. The Morgan fingerprint density at radius 1 is 1.19 bits per heavy atom. The topological polar surface area (TPSA) is 75.7 Å². The maximum absolute atomic E-state index is 12.7. The number of hydrogen-bond acceptors (Lipinski definition) is 4. The fourth-order valence-corrected chi connectivity index (χ4v) is 4.02. The number of ether oxygens (including phenoxy) is 1. The third kappa shape index (κ3) is 4.60. The molecule has 0 bridgehead atoms. The fourth-order valence-electron chi connectivity index (χ4n) is 2.42. The standard InChI is InChI=1S/C17H18Cl2N2O4S/c1-11(17(22)20-14-6-4-5-7-16(14)25-2)21(26(3,23)24)15-10-12(18)8-9-13(15)19/h4-11H,1-3H3,(H,20,22). The minimum Gasteiger partial charge on any atom is -0.495 e. The van der Waals surface area contributed by atoms with Crippen LogP contribution in [0, 0.1) is 0 Å². The highest BCUT2D eigenvalue weighted by Crippen LogP contribution is 2.32. The van der Waals surface area contributed by atoms with Crippen LogP contribution in [-0.4, -0.2) is 33.7 Å².